The van der Waals surface area contributed by atoms with Gasteiger partial charge in [0.05, 0.1) is 23.7 Å². The Morgan fingerprint density at radius 1 is 1.04 bits per heavy atom. The molecule has 3 rings (SSSR count). The second-order valence-corrected chi connectivity index (χ2v) is 6.34. The Hall–Kier alpha value is -3.08. The molecule has 0 aliphatic heterocycles. The smallest absolute Gasteiger partial charge is 0.306 e. The number of pyridine rings is 1. The van der Waals surface area contributed by atoms with E-state index >= 15 is 0 Å². The maximum atomic E-state index is 11.0. The average molecular weight is 365 g/mol. The summed E-state index contributed by atoms with van der Waals surface area (Å²) in [6.07, 6.45) is 1.08. The molecule has 5 heteroatoms. The number of para-hydroxylation sites is 1. The van der Waals surface area contributed by atoms with Gasteiger partial charge in [-0.15, -0.1) is 0 Å². The minimum Gasteiger partial charge on any atom is -0.493 e. The van der Waals surface area contributed by atoms with Crippen molar-refractivity contribution in [3.63, 3.8) is 0 Å². The van der Waals surface area contributed by atoms with Crippen molar-refractivity contribution in [2.75, 3.05) is 6.61 Å². The van der Waals surface area contributed by atoms with E-state index in [1.54, 1.807) is 0 Å². The molecule has 0 aliphatic rings. The summed E-state index contributed by atoms with van der Waals surface area (Å²) in [5.41, 5.74) is 1.80. The van der Waals surface area contributed by atoms with Gasteiger partial charge in [-0.3, -0.25) is 4.79 Å². The third kappa shape index (κ3) is 5.20. The molecule has 0 amide bonds. The Balaban J connectivity index is 1.56. The summed E-state index contributed by atoms with van der Waals surface area (Å²) in [5, 5.41) is 10.2. The predicted molar refractivity (Wildman–Crippen MR) is 104 cm³/mol. The molecule has 0 spiro atoms. The Morgan fingerprint density at radius 3 is 2.59 bits per heavy atom. The number of ether oxygens (including phenoxy) is 2. The Kier molecular flexibility index (Phi) is 6.26. The van der Waals surface area contributed by atoms with Gasteiger partial charge in [0.15, 0.2) is 0 Å². The highest BCUT2D eigenvalue weighted by molar-refractivity contribution is 5.78. The zero-order chi connectivity index (χ0) is 19.1. The van der Waals surface area contributed by atoms with Gasteiger partial charge in [0.25, 0.3) is 0 Å². The molecule has 0 radical (unpaired) electrons. The molecule has 1 N–H and O–H groups in total. The molecule has 0 saturated heterocycles. The normalized spacial score (nSPS) is 11.9. The Morgan fingerprint density at radius 2 is 1.81 bits per heavy atom. The van der Waals surface area contributed by atoms with E-state index in [1.807, 2.05) is 67.6 Å². The summed E-state index contributed by atoms with van der Waals surface area (Å²) < 4.78 is 11.5. The zero-order valence-electron chi connectivity index (χ0n) is 15.3. The maximum absolute atomic E-state index is 11.0. The number of fused-ring (bicyclic) bond motifs is 1. The van der Waals surface area contributed by atoms with Crippen molar-refractivity contribution in [3.05, 3.63) is 66.4 Å². The van der Waals surface area contributed by atoms with E-state index in [4.69, 9.17) is 14.6 Å². The van der Waals surface area contributed by atoms with Crippen molar-refractivity contribution < 1.29 is 19.4 Å². The van der Waals surface area contributed by atoms with Gasteiger partial charge < -0.3 is 14.6 Å². The van der Waals surface area contributed by atoms with Gasteiger partial charge in [0.2, 0.25) is 0 Å². The molecule has 0 aliphatic carbocycles. The minimum atomic E-state index is -0.777. The first-order valence-electron chi connectivity index (χ1n) is 9.09. The Labute approximate surface area is 158 Å². The van der Waals surface area contributed by atoms with Crippen LogP contribution in [0.4, 0.5) is 0 Å². The van der Waals surface area contributed by atoms with Gasteiger partial charge in [-0.1, -0.05) is 37.3 Å². The van der Waals surface area contributed by atoms with E-state index in [2.05, 4.69) is 4.98 Å². The van der Waals surface area contributed by atoms with Gasteiger partial charge in [-0.2, -0.15) is 0 Å². The summed E-state index contributed by atoms with van der Waals surface area (Å²) in [4.78, 5) is 15.6. The second kappa shape index (κ2) is 9.03. The molecule has 1 heterocycles. The quantitative estimate of drug-likeness (QED) is 0.595. The van der Waals surface area contributed by atoms with Crippen LogP contribution in [-0.4, -0.2) is 22.7 Å². The SMILES string of the molecule is CCC(CCOc1cccc(OCc2ccc3ccccc3n2)c1)C(=O)O. The highest BCUT2D eigenvalue weighted by atomic mass is 16.5. The molecule has 1 aromatic heterocycles. The maximum Gasteiger partial charge on any atom is 0.306 e. The number of carboxylic acid groups (broad SMARTS) is 1. The standard InChI is InChI=1S/C22H23NO4/c1-2-16(22(24)25)12-13-26-19-7-5-8-20(14-19)27-15-18-11-10-17-6-3-4-9-21(17)23-18/h3-11,14,16H,2,12-13,15H2,1H3,(H,24,25). The van der Waals surface area contributed by atoms with Crippen LogP contribution in [-0.2, 0) is 11.4 Å². The van der Waals surface area contributed by atoms with Gasteiger partial charge in [0.1, 0.15) is 18.1 Å². The fourth-order valence-corrected chi connectivity index (χ4v) is 2.82. The summed E-state index contributed by atoms with van der Waals surface area (Å²) in [6.45, 7) is 2.60. The third-order valence-corrected chi connectivity index (χ3v) is 4.43. The van der Waals surface area contributed by atoms with E-state index < -0.39 is 5.97 Å². The van der Waals surface area contributed by atoms with Crippen LogP contribution in [0.5, 0.6) is 11.5 Å². The first-order valence-corrected chi connectivity index (χ1v) is 9.09. The van der Waals surface area contributed by atoms with Crippen LogP contribution in [0, 0.1) is 5.92 Å². The molecule has 0 fully saturated rings. The number of nitrogens with zero attached hydrogens (tertiary/aromatic N) is 1. The molecule has 0 bridgehead atoms. The molecule has 27 heavy (non-hydrogen) atoms. The van der Waals surface area contributed by atoms with E-state index in [9.17, 15) is 4.79 Å². The summed E-state index contributed by atoms with van der Waals surface area (Å²) >= 11 is 0. The number of hydrogen-bond donors (Lipinski definition) is 1. The van der Waals surface area contributed by atoms with Crippen molar-refractivity contribution in [1.82, 2.24) is 4.98 Å². The fourth-order valence-electron chi connectivity index (χ4n) is 2.82. The lowest BCUT2D eigenvalue weighted by molar-refractivity contribution is -0.142. The average Bonchev–Trinajstić information content (AvgIpc) is 2.69. The number of carbonyl (C=O) groups is 1. The highest BCUT2D eigenvalue weighted by Crippen LogP contribution is 2.21. The molecule has 5 nitrogen and oxygen atoms in total. The van der Waals surface area contributed by atoms with Crippen molar-refractivity contribution in [2.24, 2.45) is 5.92 Å². The van der Waals surface area contributed by atoms with Crippen LogP contribution in [0.3, 0.4) is 0 Å². The molecule has 0 saturated carbocycles. The number of rotatable bonds is 9. The molecule has 3 aromatic rings. The van der Waals surface area contributed by atoms with Crippen LogP contribution in [0.15, 0.2) is 60.7 Å². The Bertz CT molecular complexity index is 909. The van der Waals surface area contributed by atoms with Crippen molar-refractivity contribution in [2.45, 2.75) is 26.4 Å². The van der Waals surface area contributed by atoms with Gasteiger partial charge in [-0.25, -0.2) is 4.98 Å². The highest BCUT2D eigenvalue weighted by Gasteiger charge is 2.14. The van der Waals surface area contributed by atoms with Gasteiger partial charge in [-0.05, 0) is 37.1 Å². The predicted octanol–water partition coefficient (Wildman–Crippen LogP) is 4.69. The lowest BCUT2D eigenvalue weighted by Crippen LogP contribution is -2.15. The second-order valence-electron chi connectivity index (χ2n) is 6.34. The number of aliphatic carboxylic acids is 1. The van der Waals surface area contributed by atoms with Crippen LogP contribution in [0.25, 0.3) is 10.9 Å². The molecular weight excluding hydrogens is 342 g/mol. The largest absolute Gasteiger partial charge is 0.493 e. The van der Waals surface area contributed by atoms with Crippen molar-refractivity contribution in [3.8, 4) is 11.5 Å². The number of hydrogen-bond acceptors (Lipinski definition) is 4. The molecule has 1 atom stereocenters. The topological polar surface area (TPSA) is 68.7 Å². The zero-order valence-corrected chi connectivity index (χ0v) is 15.3. The monoisotopic (exact) mass is 365 g/mol. The number of carboxylic acids is 1. The number of aromatic nitrogens is 1. The van der Waals surface area contributed by atoms with Crippen LogP contribution >= 0.6 is 0 Å². The molecular formula is C22H23NO4. The lowest BCUT2D eigenvalue weighted by Gasteiger charge is -2.12. The first kappa shape index (κ1) is 18.7. The van der Waals surface area contributed by atoms with Crippen LogP contribution in [0.1, 0.15) is 25.5 Å². The minimum absolute atomic E-state index is 0.362. The first-order chi connectivity index (χ1) is 13.2. The lowest BCUT2D eigenvalue weighted by atomic mass is 10.0. The van der Waals surface area contributed by atoms with E-state index in [1.165, 1.54) is 0 Å². The van der Waals surface area contributed by atoms with Crippen molar-refractivity contribution in [1.29, 1.82) is 0 Å². The third-order valence-electron chi connectivity index (χ3n) is 4.43. The van der Waals surface area contributed by atoms with Gasteiger partial charge >= 0.3 is 5.97 Å². The number of benzene rings is 2. The van der Waals surface area contributed by atoms with E-state index in [-0.39, 0.29) is 5.92 Å². The summed E-state index contributed by atoms with van der Waals surface area (Å²) in [6, 6.07) is 19.3. The molecule has 2 aromatic carbocycles. The fraction of sp³-hybridized carbons (Fsp3) is 0.273. The summed E-state index contributed by atoms with van der Waals surface area (Å²) in [7, 11) is 0. The van der Waals surface area contributed by atoms with E-state index in [0.29, 0.717) is 37.6 Å². The molecule has 1 unspecified atom stereocenters. The molecule has 140 valence electrons. The van der Waals surface area contributed by atoms with Crippen molar-refractivity contribution >= 4 is 16.9 Å². The summed E-state index contributed by atoms with van der Waals surface area (Å²) in [5.74, 6) is 0.205. The van der Waals surface area contributed by atoms with Gasteiger partial charge in [0, 0.05) is 11.5 Å². The van der Waals surface area contributed by atoms with E-state index in [0.717, 1.165) is 16.6 Å². The van der Waals surface area contributed by atoms with Crippen LogP contribution in [0.2, 0.25) is 0 Å². The van der Waals surface area contributed by atoms with Crippen LogP contribution < -0.4 is 9.47 Å².